The highest BCUT2D eigenvalue weighted by atomic mass is 16.7. The molecule has 0 aromatic heterocycles. The lowest BCUT2D eigenvalue weighted by atomic mass is 9.62. The predicted octanol–water partition coefficient (Wildman–Crippen LogP) is 3.43. The van der Waals surface area contributed by atoms with Crippen LogP contribution in [0.15, 0.2) is 24.3 Å². The Bertz CT molecular complexity index is 552. The van der Waals surface area contributed by atoms with E-state index in [1.165, 1.54) is 5.56 Å². The zero-order valence-corrected chi connectivity index (χ0v) is 14.1. The summed E-state index contributed by atoms with van der Waals surface area (Å²) in [5, 5.41) is 9.53. The molecule has 2 aliphatic carbocycles. The van der Waals surface area contributed by atoms with Crippen molar-refractivity contribution in [1.82, 2.24) is 0 Å². The van der Waals surface area contributed by atoms with E-state index in [9.17, 15) is 5.11 Å². The van der Waals surface area contributed by atoms with Gasteiger partial charge in [0.25, 0.3) is 0 Å². The van der Waals surface area contributed by atoms with Crippen molar-refractivity contribution in [3.05, 3.63) is 35.4 Å². The van der Waals surface area contributed by atoms with Crippen molar-refractivity contribution in [2.24, 2.45) is 11.8 Å². The second kappa shape index (κ2) is 5.87. The first-order valence-electron chi connectivity index (χ1n) is 9.15. The smallest absolute Gasteiger partial charge is 0.168 e. The number of ether oxygens (including phenoxy) is 2. The van der Waals surface area contributed by atoms with Crippen LogP contribution in [0.2, 0.25) is 0 Å². The van der Waals surface area contributed by atoms with Gasteiger partial charge in [-0.25, -0.2) is 0 Å². The van der Waals surface area contributed by atoms with Gasteiger partial charge in [0.2, 0.25) is 0 Å². The van der Waals surface area contributed by atoms with Gasteiger partial charge in [0.15, 0.2) is 5.79 Å². The Balaban J connectivity index is 1.62. The van der Waals surface area contributed by atoms with E-state index < -0.39 is 0 Å². The van der Waals surface area contributed by atoms with Crippen LogP contribution in [0.4, 0.5) is 0 Å². The number of aliphatic hydroxyl groups excluding tert-OH is 1. The van der Waals surface area contributed by atoms with E-state index in [0.29, 0.717) is 18.4 Å². The fourth-order valence-electron chi connectivity index (χ4n) is 5.27. The van der Waals surface area contributed by atoms with Crippen molar-refractivity contribution in [3.8, 4) is 0 Å². The number of benzene rings is 1. The van der Waals surface area contributed by atoms with Crippen LogP contribution in [0.5, 0.6) is 0 Å². The molecule has 0 radical (unpaired) electrons. The molecule has 3 aliphatic rings. The topological polar surface area (TPSA) is 38.7 Å². The van der Waals surface area contributed by atoms with Crippen LogP contribution in [0.3, 0.4) is 0 Å². The summed E-state index contributed by atoms with van der Waals surface area (Å²) >= 11 is 0. The second-order valence-corrected chi connectivity index (χ2v) is 7.85. The van der Waals surface area contributed by atoms with Crippen molar-refractivity contribution in [1.29, 1.82) is 0 Å². The lowest BCUT2D eigenvalue weighted by Gasteiger charge is -2.46. The molecule has 1 heterocycles. The molecule has 1 saturated carbocycles. The highest BCUT2D eigenvalue weighted by molar-refractivity contribution is 5.41. The van der Waals surface area contributed by atoms with Crippen LogP contribution < -0.4 is 0 Å². The molecular formula is C20H28O3. The number of aliphatic hydroxyl groups is 1. The minimum absolute atomic E-state index is 0.264. The summed E-state index contributed by atoms with van der Waals surface area (Å²) in [5.74, 6) is 0.720. The summed E-state index contributed by atoms with van der Waals surface area (Å²) < 4.78 is 11.9. The van der Waals surface area contributed by atoms with E-state index >= 15 is 0 Å². The van der Waals surface area contributed by atoms with Gasteiger partial charge >= 0.3 is 0 Å². The van der Waals surface area contributed by atoms with Gasteiger partial charge < -0.3 is 14.6 Å². The molecule has 1 saturated heterocycles. The van der Waals surface area contributed by atoms with Gasteiger partial charge in [-0.15, -0.1) is 0 Å². The first-order chi connectivity index (χ1) is 11.2. The van der Waals surface area contributed by atoms with Crippen LogP contribution in [-0.4, -0.2) is 30.7 Å². The fraction of sp³-hybridized carbons (Fsp3) is 0.700. The highest BCUT2D eigenvalue weighted by Gasteiger charge is 2.53. The van der Waals surface area contributed by atoms with Crippen molar-refractivity contribution < 1.29 is 14.6 Å². The van der Waals surface area contributed by atoms with E-state index in [0.717, 1.165) is 51.7 Å². The van der Waals surface area contributed by atoms with Gasteiger partial charge in [0, 0.05) is 19.4 Å². The molecule has 0 bridgehead atoms. The Hall–Kier alpha value is -0.900. The molecule has 1 N–H and O–H groups in total. The molecule has 2 spiro atoms. The molecule has 2 unspecified atom stereocenters. The zero-order chi connectivity index (χ0) is 15.9. The average molecular weight is 316 g/mol. The number of hydrogen-bond donors (Lipinski definition) is 1. The van der Waals surface area contributed by atoms with Gasteiger partial charge in [0.1, 0.15) is 0 Å². The summed E-state index contributed by atoms with van der Waals surface area (Å²) in [6.45, 7) is 3.95. The van der Waals surface area contributed by atoms with E-state index in [-0.39, 0.29) is 11.2 Å². The second-order valence-electron chi connectivity index (χ2n) is 7.85. The summed E-state index contributed by atoms with van der Waals surface area (Å²) in [4.78, 5) is 0. The Morgan fingerprint density at radius 2 is 1.83 bits per heavy atom. The Morgan fingerprint density at radius 1 is 1.13 bits per heavy atom. The minimum atomic E-state index is -0.296. The molecule has 1 aliphatic heterocycles. The third kappa shape index (κ3) is 2.54. The van der Waals surface area contributed by atoms with Gasteiger partial charge in [-0.1, -0.05) is 31.2 Å². The molecule has 3 nitrogen and oxygen atoms in total. The van der Waals surface area contributed by atoms with E-state index in [1.807, 2.05) is 0 Å². The maximum absolute atomic E-state index is 9.53. The molecule has 1 aromatic carbocycles. The summed E-state index contributed by atoms with van der Waals surface area (Å²) in [5.41, 5.74) is 3.34. The minimum Gasteiger partial charge on any atom is -0.396 e. The lowest BCUT2D eigenvalue weighted by molar-refractivity contribution is -0.187. The molecule has 0 amide bonds. The fourth-order valence-corrected chi connectivity index (χ4v) is 5.27. The molecule has 126 valence electrons. The van der Waals surface area contributed by atoms with Gasteiger partial charge in [-0.2, -0.15) is 0 Å². The SMILES string of the molecule is CC(CO)CC1Cc2ccccc2C12CCC1(CC2)OCCO1. The number of fused-ring (bicyclic) bond motifs is 2. The Labute approximate surface area is 139 Å². The number of hydrogen-bond acceptors (Lipinski definition) is 3. The third-order valence-corrected chi connectivity index (χ3v) is 6.52. The van der Waals surface area contributed by atoms with Gasteiger partial charge in [0.05, 0.1) is 13.2 Å². The van der Waals surface area contributed by atoms with Gasteiger partial charge in [-0.3, -0.25) is 0 Å². The Kier molecular flexibility index (Phi) is 3.99. The Morgan fingerprint density at radius 3 is 2.52 bits per heavy atom. The van der Waals surface area contributed by atoms with Crippen LogP contribution in [0.25, 0.3) is 0 Å². The predicted molar refractivity (Wildman–Crippen MR) is 89.3 cm³/mol. The molecule has 1 aromatic rings. The quantitative estimate of drug-likeness (QED) is 0.928. The van der Waals surface area contributed by atoms with Crippen molar-refractivity contribution >= 4 is 0 Å². The highest BCUT2D eigenvalue weighted by Crippen LogP contribution is 2.56. The molecular weight excluding hydrogens is 288 g/mol. The molecule has 3 heteroatoms. The normalized spacial score (nSPS) is 29.0. The molecule has 4 rings (SSSR count). The van der Waals surface area contributed by atoms with E-state index in [4.69, 9.17) is 9.47 Å². The maximum atomic E-state index is 9.53. The van der Waals surface area contributed by atoms with E-state index in [2.05, 4.69) is 31.2 Å². The maximum Gasteiger partial charge on any atom is 0.168 e. The average Bonchev–Trinajstić information content (AvgIpc) is 3.15. The number of rotatable bonds is 3. The van der Waals surface area contributed by atoms with Crippen LogP contribution >= 0.6 is 0 Å². The standard InChI is InChI=1S/C20H28O3/c1-15(14-21)12-17-13-16-4-2-3-5-18(16)19(17)6-8-20(9-7-19)22-10-11-23-20/h2-5,15,17,21H,6-14H2,1H3. The summed E-state index contributed by atoms with van der Waals surface area (Å²) in [6.07, 6.45) is 6.57. The van der Waals surface area contributed by atoms with Crippen LogP contribution in [0.1, 0.15) is 50.2 Å². The van der Waals surface area contributed by atoms with E-state index in [1.54, 1.807) is 5.56 Å². The monoisotopic (exact) mass is 316 g/mol. The van der Waals surface area contributed by atoms with Crippen LogP contribution in [-0.2, 0) is 21.3 Å². The van der Waals surface area contributed by atoms with Crippen molar-refractivity contribution in [3.63, 3.8) is 0 Å². The molecule has 23 heavy (non-hydrogen) atoms. The largest absolute Gasteiger partial charge is 0.396 e. The first kappa shape index (κ1) is 15.6. The van der Waals surface area contributed by atoms with Gasteiger partial charge in [-0.05, 0) is 54.1 Å². The lowest BCUT2D eigenvalue weighted by Crippen LogP contribution is -2.44. The summed E-state index contributed by atoms with van der Waals surface area (Å²) in [7, 11) is 0. The summed E-state index contributed by atoms with van der Waals surface area (Å²) in [6, 6.07) is 8.99. The van der Waals surface area contributed by atoms with Crippen LogP contribution in [0, 0.1) is 11.8 Å². The van der Waals surface area contributed by atoms with Crippen molar-refractivity contribution in [2.75, 3.05) is 19.8 Å². The molecule has 2 atom stereocenters. The zero-order valence-electron chi connectivity index (χ0n) is 14.1. The third-order valence-electron chi connectivity index (χ3n) is 6.52. The van der Waals surface area contributed by atoms with Crippen molar-refractivity contribution in [2.45, 2.75) is 56.7 Å². The molecule has 2 fully saturated rings. The first-order valence-corrected chi connectivity index (χ1v) is 9.15.